The molecule has 2 aromatic carbocycles. The van der Waals surface area contributed by atoms with Crippen LogP contribution < -0.4 is 21.5 Å². The third-order valence-electron chi connectivity index (χ3n) is 5.50. The van der Waals surface area contributed by atoms with Crippen molar-refractivity contribution in [2.24, 2.45) is 0 Å². The molecule has 1 aliphatic rings. The Kier molecular flexibility index (Phi) is 6.28. The number of rotatable bonds is 6. The number of nitrogens with two attached hydrogens (primary N) is 1. The van der Waals surface area contributed by atoms with E-state index in [0.717, 1.165) is 37.3 Å². The Morgan fingerprint density at radius 1 is 0.935 bits per heavy atom. The van der Waals surface area contributed by atoms with E-state index in [-0.39, 0.29) is 5.91 Å². The first-order valence-corrected chi connectivity index (χ1v) is 10.3. The molecule has 1 amide bonds. The highest BCUT2D eigenvalue weighted by molar-refractivity contribution is 5.88. The molecular weight excluding hydrogens is 390 g/mol. The molecule has 1 saturated heterocycles. The van der Waals surface area contributed by atoms with E-state index in [2.05, 4.69) is 37.7 Å². The van der Waals surface area contributed by atoms with Gasteiger partial charge >= 0.3 is 0 Å². The van der Waals surface area contributed by atoms with Gasteiger partial charge in [-0.3, -0.25) is 15.6 Å². The number of nitrogens with zero attached hydrogens (tertiary/aromatic N) is 4. The van der Waals surface area contributed by atoms with Gasteiger partial charge in [0.2, 0.25) is 5.91 Å². The third-order valence-corrected chi connectivity index (χ3v) is 5.50. The number of hydrazine groups is 1. The number of carbonyl (C=O) groups excluding carboxylic acids is 1. The Balaban J connectivity index is 1.51. The molecule has 0 atom stereocenters. The summed E-state index contributed by atoms with van der Waals surface area (Å²) in [6, 6.07) is 19.4. The van der Waals surface area contributed by atoms with E-state index in [1.54, 1.807) is 0 Å². The van der Waals surface area contributed by atoms with Crippen molar-refractivity contribution in [3.8, 4) is 0 Å². The summed E-state index contributed by atoms with van der Waals surface area (Å²) in [7, 11) is 2.10. The van der Waals surface area contributed by atoms with Crippen LogP contribution in [0.15, 0.2) is 67.0 Å². The second-order valence-corrected chi connectivity index (χ2v) is 7.62. The Labute approximate surface area is 182 Å². The van der Waals surface area contributed by atoms with E-state index >= 15 is 0 Å². The van der Waals surface area contributed by atoms with Crippen molar-refractivity contribution in [1.29, 1.82) is 0 Å². The SMILES string of the molecule is CN1CCN(c2ncnc(NNC(=O)C(c3ccccc3)c3ccccc3)c2N)CC1. The predicted molar refractivity (Wildman–Crippen MR) is 123 cm³/mol. The highest BCUT2D eigenvalue weighted by Gasteiger charge is 2.24. The molecule has 160 valence electrons. The summed E-state index contributed by atoms with van der Waals surface area (Å²) in [5.74, 6) is 0.409. The highest BCUT2D eigenvalue weighted by atomic mass is 16.2. The number of benzene rings is 2. The Morgan fingerprint density at radius 3 is 2.10 bits per heavy atom. The average molecular weight is 418 g/mol. The minimum Gasteiger partial charge on any atom is -0.393 e. The lowest BCUT2D eigenvalue weighted by molar-refractivity contribution is -0.121. The monoisotopic (exact) mass is 417 g/mol. The summed E-state index contributed by atoms with van der Waals surface area (Å²) in [6.45, 7) is 3.57. The minimum absolute atomic E-state index is 0.198. The maximum absolute atomic E-state index is 13.2. The molecule has 3 aromatic rings. The van der Waals surface area contributed by atoms with E-state index < -0.39 is 5.92 Å². The number of piperazine rings is 1. The van der Waals surface area contributed by atoms with Gasteiger partial charge in [-0.1, -0.05) is 60.7 Å². The summed E-state index contributed by atoms with van der Waals surface area (Å²) in [6.07, 6.45) is 1.46. The number of hydrogen-bond donors (Lipinski definition) is 3. The van der Waals surface area contributed by atoms with E-state index in [0.29, 0.717) is 17.3 Å². The van der Waals surface area contributed by atoms with E-state index in [4.69, 9.17) is 5.73 Å². The predicted octanol–water partition coefficient (Wildman–Crippen LogP) is 2.09. The highest BCUT2D eigenvalue weighted by Crippen LogP contribution is 2.27. The molecule has 0 spiro atoms. The standard InChI is InChI=1S/C23H27N7O/c1-29-12-14-30(15-13-29)22-20(24)21(25-16-26-22)27-28-23(31)19(17-8-4-2-5-9-17)18-10-6-3-7-11-18/h2-11,16,19H,12-15,24H2,1H3,(H,28,31)(H,25,26,27). The Hall–Kier alpha value is -3.65. The summed E-state index contributed by atoms with van der Waals surface area (Å²) in [4.78, 5) is 26.2. The van der Waals surface area contributed by atoms with Crippen molar-refractivity contribution in [1.82, 2.24) is 20.3 Å². The first-order valence-electron chi connectivity index (χ1n) is 10.3. The van der Waals surface area contributed by atoms with Crippen LogP contribution in [0.4, 0.5) is 17.3 Å². The quantitative estimate of drug-likeness (QED) is 0.528. The number of carbonyl (C=O) groups is 1. The van der Waals surface area contributed by atoms with Gasteiger partial charge in [0.15, 0.2) is 11.6 Å². The van der Waals surface area contributed by atoms with Gasteiger partial charge in [0.05, 0.1) is 5.92 Å². The molecule has 8 nitrogen and oxygen atoms in total. The van der Waals surface area contributed by atoms with Gasteiger partial charge in [0, 0.05) is 26.2 Å². The van der Waals surface area contributed by atoms with Crippen LogP contribution in [0.25, 0.3) is 0 Å². The Morgan fingerprint density at radius 2 is 1.52 bits per heavy atom. The van der Waals surface area contributed by atoms with Gasteiger partial charge in [-0.15, -0.1) is 0 Å². The van der Waals surface area contributed by atoms with E-state index in [1.807, 2.05) is 60.7 Å². The number of anilines is 3. The second-order valence-electron chi connectivity index (χ2n) is 7.62. The lowest BCUT2D eigenvalue weighted by Gasteiger charge is -2.33. The zero-order valence-corrected chi connectivity index (χ0v) is 17.5. The number of nitrogen functional groups attached to an aromatic ring is 1. The van der Waals surface area contributed by atoms with Gasteiger partial charge in [-0.2, -0.15) is 0 Å². The fourth-order valence-electron chi connectivity index (χ4n) is 3.74. The maximum atomic E-state index is 13.2. The number of aromatic nitrogens is 2. The van der Waals surface area contributed by atoms with Gasteiger partial charge in [-0.25, -0.2) is 9.97 Å². The fourth-order valence-corrected chi connectivity index (χ4v) is 3.74. The van der Waals surface area contributed by atoms with Crippen LogP contribution in [-0.2, 0) is 4.79 Å². The van der Waals surface area contributed by atoms with Crippen LogP contribution in [0.3, 0.4) is 0 Å². The van der Waals surface area contributed by atoms with Gasteiger partial charge in [0.1, 0.15) is 12.0 Å². The lowest BCUT2D eigenvalue weighted by atomic mass is 9.91. The summed E-state index contributed by atoms with van der Waals surface area (Å²) in [5, 5.41) is 0. The molecule has 0 unspecified atom stereocenters. The van der Waals surface area contributed by atoms with Crippen molar-refractivity contribution >= 4 is 23.2 Å². The second kappa shape index (κ2) is 9.44. The van der Waals surface area contributed by atoms with Gasteiger partial charge in [-0.05, 0) is 18.2 Å². The van der Waals surface area contributed by atoms with E-state index in [1.165, 1.54) is 6.33 Å². The van der Waals surface area contributed by atoms with Gasteiger partial charge < -0.3 is 15.5 Å². The summed E-state index contributed by atoms with van der Waals surface area (Å²) < 4.78 is 0. The van der Waals surface area contributed by atoms with Crippen molar-refractivity contribution in [3.05, 3.63) is 78.1 Å². The van der Waals surface area contributed by atoms with Crippen molar-refractivity contribution in [2.75, 3.05) is 49.3 Å². The van der Waals surface area contributed by atoms with Crippen LogP contribution in [0, 0.1) is 0 Å². The van der Waals surface area contributed by atoms with E-state index in [9.17, 15) is 4.79 Å². The molecule has 1 aliphatic heterocycles. The summed E-state index contributed by atoms with van der Waals surface area (Å²) >= 11 is 0. The average Bonchev–Trinajstić information content (AvgIpc) is 2.81. The minimum atomic E-state index is -0.463. The lowest BCUT2D eigenvalue weighted by Crippen LogP contribution is -2.45. The molecule has 0 saturated carbocycles. The molecular formula is C23H27N7O. The molecule has 0 aliphatic carbocycles. The molecule has 8 heteroatoms. The van der Waals surface area contributed by atoms with Crippen molar-refractivity contribution < 1.29 is 4.79 Å². The van der Waals surface area contributed by atoms with Crippen LogP contribution in [0.1, 0.15) is 17.0 Å². The smallest absolute Gasteiger partial charge is 0.250 e. The number of amides is 1. The molecule has 4 rings (SSSR count). The first-order chi connectivity index (χ1) is 15.1. The zero-order valence-electron chi connectivity index (χ0n) is 17.5. The molecule has 0 radical (unpaired) electrons. The Bertz CT molecular complexity index is 965. The first kappa shape index (κ1) is 20.6. The molecule has 31 heavy (non-hydrogen) atoms. The van der Waals surface area contributed by atoms with Crippen LogP contribution in [0.5, 0.6) is 0 Å². The van der Waals surface area contributed by atoms with Crippen molar-refractivity contribution in [3.63, 3.8) is 0 Å². The van der Waals surface area contributed by atoms with Crippen molar-refractivity contribution in [2.45, 2.75) is 5.92 Å². The molecule has 0 bridgehead atoms. The largest absolute Gasteiger partial charge is 0.393 e. The third kappa shape index (κ3) is 4.75. The topological polar surface area (TPSA) is 99.4 Å². The van der Waals surface area contributed by atoms with Crippen LogP contribution >= 0.6 is 0 Å². The maximum Gasteiger partial charge on any atom is 0.250 e. The zero-order chi connectivity index (χ0) is 21.6. The van der Waals surface area contributed by atoms with Gasteiger partial charge in [0.25, 0.3) is 0 Å². The number of likely N-dealkylation sites (N-methyl/N-ethyl adjacent to an activating group) is 1. The molecule has 1 fully saturated rings. The molecule has 2 heterocycles. The van der Waals surface area contributed by atoms with Crippen LogP contribution in [0.2, 0.25) is 0 Å². The van der Waals surface area contributed by atoms with Crippen LogP contribution in [-0.4, -0.2) is 54.0 Å². The molecule has 1 aromatic heterocycles. The number of nitrogens with one attached hydrogen (secondary N) is 2. The fraction of sp³-hybridized carbons (Fsp3) is 0.261. The summed E-state index contributed by atoms with van der Waals surface area (Å²) in [5.41, 5.74) is 14.3. The normalized spacial score (nSPS) is 14.5. The molecule has 4 N–H and O–H groups in total. The number of hydrogen-bond acceptors (Lipinski definition) is 7.